The molecule has 0 radical (unpaired) electrons. The maximum atomic E-state index is 11.5. The van der Waals surface area contributed by atoms with Crippen LogP contribution in [0.1, 0.15) is 13.8 Å². The van der Waals surface area contributed by atoms with Gasteiger partial charge in [-0.1, -0.05) is 11.6 Å². The Bertz CT molecular complexity index is 479. The van der Waals surface area contributed by atoms with Gasteiger partial charge in [-0.3, -0.25) is 14.9 Å². The number of rotatable bonds is 6. The van der Waals surface area contributed by atoms with Gasteiger partial charge in [0, 0.05) is 17.6 Å². The first-order valence-electron chi connectivity index (χ1n) is 5.84. The Labute approximate surface area is 116 Å². The summed E-state index contributed by atoms with van der Waals surface area (Å²) in [7, 11) is 0. The molecule has 0 saturated heterocycles. The Morgan fingerprint density at radius 1 is 1.47 bits per heavy atom. The molecule has 0 saturated carbocycles. The Morgan fingerprint density at radius 3 is 2.68 bits per heavy atom. The van der Waals surface area contributed by atoms with E-state index in [0.29, 0.717) is 12.2 Å². The summed E-state index contributed by atoms with van der Waals surface area (Å²) in [6.07, 6.45) is 0. The van der Waals surface area contributed by atoms with E-state index in [4.69, 9.17) is 16.3 Å². The molecule has 1 aromatic carbocycles. The van der Waals surface area contributed by atoms with Gasteiger partial charge in [-0.25, -0.2) is 0 Å². The van der Waals surface area contributed by atoms with Crippen molar-refractivity contribution in [2.24, 2.45) is 0 Å². The van der Waals surface area contributed by atoms with E-state index in [1.165, 1.54) is 12.1 Å². The van der Waals surface area contributed by atoms with Crippen molar-refractivity contribution in [2.45, 2.75) is 13.8 Å². The van der Waals surface area contributed by atoms with Crippen LogP contribution in [0.4, 0.5) is 11.4 Å². The molecule has 0 aromatic heterocycles. The average Bonchev–Trinajstić information content (AvgIpc) is 2.36. The van der Waals surface area contributed by atoms with Gasteiger partial charge in [0.15, 0.2) is 0 Å². The highest BCUT2D eigenvalue weighted by molar-refractivity contribution is 6.30. The van der Waals surface area contributed by atoms with Crippen LogP contribution >= 0.6 is 11.6 Å². The average molecular weight is 287 g/mol. The third kappa shape index (κ3) is 4.10. The second-order valence-electron chi connectivity index (χ2n) is 3.71. The molecule has 6 nitrogen and oxygen atoms in total. The number of hydrogen-bond acceptors (Lipinski definition) is 5. The fourth-order valence-corrected chi connectivity index (χ4v) is 1.81. The van der Waals surface area contributed by atoms with Crippen LogP contribution in [0.3, 0.4) is 0 Å². The van der Waals surface area contributed by atoms with Crippen LogP contribution in [-0.4, -0.2) is 30.6 Å². The SMILES string of the molecule is CCOC(=O)CN(CC)c1ccc(Cl)cc1[N+](=O)[O-]. The van der Waals surface area contributed by atoms with E-state index in [9.17, 15) is 14.9 Å². The fraction of sp³-hybridized carbons (Fsp3) is 0.417. The van der Waals surface area contributed by atoms with Crippen LogP contribution in [0.5, 0.6) is 0 Å². The molecular weight excluding hydrogens is 272 g/mol. The van der Waals surface area contributed by atoms with Gasteiger partial charge in [0.05, 0.1) is 11.5 Å². The molecule has 0 aliphatic rings. The third-order valence-electron chi connectivity index (χ3n) is 2.48. The van der Waals surface area contributed by atoms with Gasteiger partial charge in [-0.05, 0) is 26.0 Å². The summed E-state index contributed by atoms with van der Waals surface area (Å²) in [5, 5.41) is 11.3. The number of anilines is 1. The zero-order chi connectivity index (χ0) is 14.4. The molecule has 0 unspecified atom stereocenters. The minimum atomic E-state index is -0.519. The number of carbonyl (C=O) groups is 1. The molecule has 0 atom stereocenters. The summed E-state index contributed by atoms with van der Waals surface area (Å²) in [5.74, 6) is -0.423. The standard InChI is InChI=1S/C12H15ClN2O4/c1-3-14(8-12(16)19-4-2)10-6-5-9(13)7-11(10)15(17)18/h5-7H,3-4,8H2,1-2H3. The van der Waals surface area contributed by atoms with Crippen LogP contribution in [0.2, 0.25) is 5.02 Å². The molecule has 0 bridgehead atoms. The quantitative estimate of drug-likeness (QED) is 0.457. The second kappa shape index (κ2) is 6.94. The lowest BCUT2D eigenvalue weighted by Gasteiger charge is -2.21. The number of nitro benzene ring substituents is 1. The minimum Gasteiger partial charge on any atom is -0.465 e. The number of benzene rings is 1. The van der Waals surface area contributed by atoms with Crippen LogP contribution in [0.15, 0.2) is 18.2 Å². The fourth-order valence-electron chi connectivity index (χ4n) is 1.64. The summed E-state index contributed by atoms with van der Waals surface area (Å²) in [4.78, 5) is 23.5. The number of ether oxygens (including phenoxy) is 1. The van der Waals surface area contributed by atoms with Crippen LogP contribution in [-0.2, 0) is 9.53 Å². The highest BCUT2D eigenvalue weighted by Gasteiger charge is 2.21. The molecule has 0 fully saturated rings. The highest BCUT2D eigenvalue weighted by Crippen LogP contribution is 2.30. The molecule has 1 aromatic rings. The molecule has 104 valence electrons. The summed E-state index contributed by atoms with van der Waals surface area (Å²) in [6.45, 7) is 4.20. The maximum absolute atomic E-state index is 11.5. The first-order valence-corrected chi connectivity index (χ1v) is 6.21. The molecular formula is C12H15ClN2O4. The Hall–Kier alpha value is -1.82. The van der Waals surface area contributed by atoms with Gasteiger partial charge in [0.2, 0.25) is 0 Å². The van der Waals surface area contributed by atoms with Crippen LogP contribution in [0.25, 0.3) is 0 Å². The van der Waals surface area contributed by atoms with Crippen molar-refractivity contribution in [3.8, 4) is 0 Å². The Balaban J connectivity index is 3.04. The highest BCUT2D eigenvalue weighted by atomic mass is 35.5. The van der Waals surface area contributed by atoms with Crippen LogP contribution in [0, 0.1) is 10.1 Å². The van der Waals surface area contributed by atoms with Crippen molar-refractivity contribution in [1.29, 1.82) is 0 Å². The van der Waals surface area contributed by atoms with E-state index < -0.39 is 10.9 Å². The van der Waals surface area contributed by atoms with Crippen molar-refractivity contribution in [2.75, 3.05) is 24.6 Å². The predicted octanol–water partition coefficient (Wildman–Crippen LogP) is 2.64. The topological polar surface area (TPSA) is 72.7 Å². The summed E-state index contributed by atoms with van der Waals surface area (Å²) < 4.78 is 4.84. The molecule has 7 heteroatoms. The number of halogens is 1. The number of esters is 1. The van der Waals surface area contributed by atoms with Gasteiger partial charge < -0.3 is 9.64 Å². The number of carbonyl (C=O) groups excluding carboxylic acids is 1. The van der Waals surface area contributed by atoms with Gasteiger partial charge >= 0.3 is 5.97 Å². The molecule has 0 aliphatic heterocycles. The zero-order valence-electron chi connectivity index (χ0n) is 10.8. The number of hydrogen-bond donors (Lipinski definition) is 0. The molecule has 0 aliphatic carbocycles. The molecule has 0 N–H and O–H groups in total. The number of nitro groups is 1. The van der Waals surface area contributed by atoms with Crippen molar-refractivity contribution in [1.82, 2.24) is 0 Å². The zero-order valence-corrected chi connectivity index (χ0v) is 11.5. The van der Waals surface area contributed by atoms with Gasteiger partial charge in [-0.15, -0.1) is 0 Å². The maximum Gasteiger partial charge on any atom is 0.325 e. The first kappa shape index (κ1) is 15.2. The van der Waals surface area contributed by atoms with Crippen molar-refractivity contribution < 1.29 is 14.5 Å². The Morgan fingerprint density at radius 2 is 2.16 bits per heavy atom. The monoisotopic (exact) mass is 286 g/mol. The lowest BCUT2D eigenvalue weighted by atomic mass is 10.2. The lowest BCUT2D eigenvalue weighted by Crippen LogP contribution is -2.31. The van der Waals surface area contributed by atoms with Crippen molar-refractivity contribution in [3.63, 3.8) is 0 Å². The second-order valence-corrected chi connectivity index (χ2v) is 4.15. The lowest BCUT2D eigenvalue weighted by molar-refractivity contribution is -0.384. The molecule has 19 heavy (non-hydrogen) atoms. The van der Waals surface area contributed by atoms with Gasteiger partial charge in [0.25, 0.3) is 5.69 Å². The van der Waals surface area contributed by atoms with Gasteiger partial charge in [0.1, 0.15) is 12.2 Å². The Kier molecular flexibility index (Phi) is 5.57. The van der Waals surface area contributed by atoms with Crippen LogP contribution < -0.4 is 4.90 Å². The number of likely N-dealkylation sites (N-methyl/N-ethyl adjacent to an activating group) is 1. The van der Waals surface area contributed by atoms with E-state index in [1.807, 2.05) is 0 Å². The molecule has 0 amide bonds. The van der Waals surface area contributed by atoms with E-state index in [2.05, 4.69) is 0 Å². The van der Waals surface area contributed by atoms with Gasteiger partial charge in [-0.2, -0.15) is 0 Å². The largest absolute Gasteiger partial charge is 0.465 e. The smallest absolute Gasteiger partial charge is 0.325 e. The van der Waals surface area contributed by atoms with E-state index in [0.717, 1.165) is 0 Å². The van der Waals surface area contributed by atoms with E-state index in [1.54, 1.807) is 24.8 Å². The number of nitrogens with zero attached hydrogens (tertiary/aromatic N) is 2. The molecule has 0 spiro atoms. The summed E-state index contributed by atoms with van der Waals surface area (Å²) >= 11 is 5.75. The first-order chi connectivity index (χ1) is 8.99. The summed E-state index contributed by atoms with van der Waals surface area (Å²) in [6, 6.07) is 4.35. The molecule has 1 rings (SSSR count). The summed E-state index contributed by atoms with van der Waals surface area (Å²) in [5.41, 5.74) is 0.226. The van der Waals surface area contributed by atoms with E-state index >= 15 is 0 Å². The third-order valence-corrected chi connectivity index (χ3v) is 2.72. The van der Waals surface area contributed by atoms with Crippen molar-refractivity contribution in [3.05, 3.63) is 33.3 Å². The minimum absolute atomic E-state index is 0.0349. The van der Waals surface area contributed by atoms with Crippen molar-refractivity contribution >= 4 is 28.9 Å². The normalized spacial score (nSPS) is 10.1. The molecule has 0 heterocycles. The van der Waals surface area contributed by atoms with E-state index in [-0.39, 0.29) is 23.9 Å². The predicted molar refractivity (Wildman–Crippen MR) is 72.6 cm³/mol.